The predicted octanol–water partition coefficient (Wildman–Crippen LogP) is 6.66. The second-order valence-corrected chi connectivity index (χ2v) is 10.3. The van der Waals surface area contributed by atoms with Gasteiger partial charge in [-0.05, 0) is 51.9 Å². The quantitative estimate of drug-likeness (QED) is 0.163. The molecule has 0 bridgehead atoms. The number of hydrogen-bond acceptors (Lipinski definition) is 5. The summed E-state index contributed by atoms with van der Waals surface area (Å²) in [6.07, 6.45) is 33.2. The van der Waals surface area contributed by atoms with Gasteiger partial charge in [0.05, 0.1) is 13.1 Å². The summed E-state index contributed by atoms with van der Waals surface area (Å²) in [5, 5.41) is 5.02. The number of hydrogen-bond donors (Lipinski definition) is 2. The van der Waals surface area contributed by atoms with Crippen molar-refractivity contribution in [3.63, 3.8) is 0 Å². The highest BCUT2D eigenvalue weighted by Crippen LogP contribution is 2.34. The van der Waals surface area contributed by atoms with Crippen LogP contribution in [-0.4, -0.2) is 36.5 Å². The van der Waals surface area contributed by atoms with Crippen LogP contribution in [0.2, 0.25) is 0 Å². The summed E-state index contributed by atoms with van der Waals surface area (Å²) in [6, 6.07) is 8.89. The Morgan fingerprint density at radius 2 is 1.23 bits per heavy atom. The number of nitrogens with one attached hydrogen (secondary N) is 2. The summed E-state index contributed by atoms with van der Waals surface area (Å²) in [7, 11) is 0. The molecule has 0 saturated carbocycles. The van der Waals surface area contributed by atoms with Gasteiger partial charge in [-0.15, -0.1) is 0 Å². The molecule has 2 N–H and O–H groups in total. The van der Waals surface area contributed by atoms with E-state index >= 15 is 0 Å². The maximum Gasteiger partial charge on any atom is 0.286 e. The number of amides is 2. The average molecular weight is 599 g/mol. The van der Waals surface area contributed by atoms with Gasteiger partial charge in [-0.25, -0.2) is 0 Å². The van der Waals surface area contributed by atoms with E-state index in [2.05, 4.69) is 78.3 Å². The summed E-state index contributed by atoms with van der Waals surface area (Å²) >= 11 is 0. The van der Waals surface area contributed by atoms with Crippen LogP contribution in [-0.2, 0) is 29.5 Å². The monoisotopic (exact) mass is 598 g/mol. The summed E-state index contributed by atoms with van der Waals surface area (Å²) in [6.45, 7) is 3.26. The molecule has 234 valence electrons. The van der Waals surface area contributed by atoms with Gasteiger partial charge < -0.3 is 15.4 Å². The van der Waals surface area contributed by atoms with Crippen LogP contribution in [0.15, 0.2) is 115 Å². The van der Waals surface area contributed by atoms with E-state index in [9.17, 15) is 19.2 Å². The van der Waals surface area contributed by atoms with Gasteiger partial charge in [-0.2, -0.15) is 0 Å². The Bertz CT molecular complexity index is 1280. The van der Waals surface area contributed by atoms with Crippen molar-refractivity contribution >= 4 is 23.4 Å². The number of ether oxygens (including phenoxy) is 1. The van der Waals surface area contributed by atoms with Gasteiger partial charge in [0.15, 0.2) is 17.1 Å². The van der Waals surface area contributed by atoms with Crippen molar-refractivity contribution in [2.45, 2.75) is 70.8 Å². The van der Waals surface area contributed by atoms with Crippen LogP contribution in [0.1, 0.15) is 70.8 Å². The first-order chi connectivity index (χ1) is 21.4. The minimum Gasteiger partial charge on any atom is -0.469 e. The molecular weight excluding hydrogens is 552 g/mol. The van der Waals surface area contributed by atoms with E-state index in [-0.39, 0.29) is 42.7 Å². The summed E-state index contributed by atoms with van der Waals surface area (Å²) < 4.78 is 5.67. The minimum absolute atomic E-state index is 0.144. The van der Waals surface area contributed by atoms with Crippen LogP contribution in [0.4, 0.5) is 0 Å². The minimum atomic E-state index is -1.28. The van der Waals surface area contributed by atoms with Crippen molar-refractivity contribution in [3.05, 3.63) is 121 Å². The van der Waals surface area contributed by atoms with E-state index in [0.717, 1.165) is 44.6 Å². The lowest BCUT2D eigenvalue weighted by atomic mass is 9.92. The molecule has 7 nitrogen and oxygen atoms in total. The lowest BCUT2D eigenvalue weighted by Crippen LogP contribution is -2.38. The second-order valence-electron chi connectivity index (χ2n) is 10.3. The molecule has 1 aliphatic heterocycles. The molecule has 0 fully saturated rings. The number of carbonyl (C=O) groups excluding carboxylic acids is 4. The Labute approximate surface area is 262 Å². The van der Waals surface area contributed by atoms with Crippen LogP contribution >= 0.6 is 0 Å². The molecule has 1 aromatic rings. The van der Waals surface area contributed by atoms with Gasteiger partial charge in [-0.1, -0.05) is 110 Å². The molecule has 2 rings (SSSR count). The van der Waals surface area contributed by atoms with Crippen molar-refractivity contribution in [3.8, 4) is 0 Å². The maximum atomic E-state index is 12.5. The Morgan fingerprint density at radius 3 is 1.77 bits per heavy atom. The van der Waals surface area contributed by atoms with E-state index in [1.165, 1.54) is 0 Å². The highest BCUT2D eigenvalue weighted by molar-refractivity contribution is 6.08. The fraction of sp³-hybridized carbons (Fsp3) is 0.351. The molecule has 0 spiro atoms. The van der Waals surface area contributed by atoms with Gasteiger partial charge in [0.2, 0.25) is 11.7 Å². The van der Waals surface area contributed by atoms with Crippen LogP contribution in [0.5, 0.6) is 0 Å². The van der Waals surface area contributed by atoms with Crippen molar-refractivity contribution in [2.75, 3.05) is 13.1 Å². The van der Waals surface area contributed by atoms with Crippen LogP contribution in [0.3, 0.4) is 0 Å². The molecule has 2 amide bonds. The highest BCUT2D eigenvalue weighted by atomic mass is 16.5. The smallest absolute Gasteiger partial charge is 0.286 e. The van der Waals surface area contributed by atoms with Crippen LogP contribution < -0.4 is 10.6 Å². The zero-order valence-electron chi connectivity index (χ0n) is 26.0. The van der Waals surface area contributed by atoms with Crippen molar-refractivity contribution in [1.82, 2.24) is 10.6 Å². The highest BCUT2D eigenvalue weighted by Gasteiger charge is 2.43. The fourth-order valence-corrected chi connectivity index (χ4v) is 4.09. The van der Waals surface area contributed by atoms with Crippen molar-refractivity contribution < 1.29 is 23.9 Å². The lowest BCUT2D eigenvalue weighted by molar-refractivity contribution is -0.133. The third-order valence-electron chi connectivity index (χ3n) is 6.66. The topological polar surface area (TPSA) is 102 Å². The fourth-order valence-electron chi connectivity index (χ4n) is 4.09. The van der Waals surface area contributed by atoms with Gasteiger partial charge in [0, 0.05) is 18.1 Å². The Morgan fingerprint density at radius 1 is 0.727 bits per heavy atom. The van der Waals surface area contributed by atoms with Gasteiger partial charge >= 0.3 is 0 Å². The summed E-state index contributed by atoms with van der Waals surface area (Å²) in [5.41, 5.74) is -0.651. The Kier molecular flexibility index (Phi) is 17.2. The molecule has 1 heterocycles. The normalized spacial score (nSPS) is 17.0. The SMILES string of the molecule is CCC=CCC=CCC=CCC=CCC=CCC=CCCC(=O)NCC(=O)CNC(=O)C1=CC(=O)C(C)(c2ccccc2)O1. The molecule has 1 atom stereocenters. The molecule has 0 saturated heterocycles. The largest absolute Gasteiger partial charge is 0.469 e. The molecule has 44 heavy (non-hydrogen) atoms. The molecule has 1 unspecified atom stereocenters. The number of Topliss-reactive ketones (excluding diaryl/α,β-unsaturated/α-hetero) is 1. The molecule has 0 aromatic heterocycles. The predicted molar refractivity (Wildman–Crippen MR) is 176 cm³/mol. The first-order valence-electron chi connectivity index (χ1n) is 15.3. The van der Waals surface area contributed by atoms with Crippen LogP contribution in [0, 0.1) is 0 Å². The lowest BCUT2D eigenvalue weighted by Gasteiger charge is -2.23. The Balaban J connectivity index is 1.50. The molecule has 1 aliphatic rings. The summed E-state index contributed by atoms with van der Waals surface area (Å²) in [4.78, 5) is 49.1. The third-order valence-corrected chi connectivity index (χ3v) is 6.66. The number of allylic oxidation sites excluding steroid dienone is 12. The molecule has 1 aromatic carbocycles. The number of carbonyl (C=O) groups is 4. The maximum absolute atomic E-state index is 12.5. The number of rotatable bonds is 20. The van der Waals surface area contributed by atoms with E-state index < -0.39 is 11.5 Å². The van der Waals surface area contributed by atoms with E-state index in [0.29, 0.717) is 12.0 Å². The first kappa shape index (κ1) is 35.7. The molecular formula is C37H46N2O5. The zero-order chi connectivity index (χ0) is 31.9. The van der Waals surface area contributed by atoms with Gasteiger partial charge in [0.25, 0.3) is 5.91 Å². The average Bonchev–Trinajstić information content (AvgIpc) is 3.35. The van der Waals surface area contributed by atoms with Crippen LogP contribution in [0.25, 0.3) is 0 Å². The second kappa shape index (κ2) is 21.2. The Hall–Kier alpha value is -4.52. The first-order valence-corrected chi connectivity index (χ1v) is 15.3. The van der Waals surface area contributed by atoms with Crippen molar-refractivity contribution in [2.24, 2.45) is 0 Å². The van der Waals surface area contributed by atoms with Gasteiger partial charge in [0.1, 0.15) is 0 Å². The van der Waals surface area contributed by atoms with Crippen molar-refractivity contribution in [1.29, 1.82) is 0 Å². The standard InChI is InChI=1S/C37H46N2O5/c1-3-4-5-6-7-8-9-10-11-12-13-14-15-16-17-18-19-20-24-27-35(42)38-29-32(40)30-39-36(43)33-28-34(41)37(2,44-33)31-25-22-21-23-26-31/h4-5,7-8,10-11,13-14,16-17,19-23,25-26,28H,3,6,9,12,15,18,24,27,29-30H2,1-2H3,(H,38,42)(H,39,43). The van der Waals surface area contributed by atoms with Gasteiger partial charge in [-0.3, -0.25) is 19.2 Å². The van der Waals surface area contributed by atoms with E-state index in [4.69, 9.17) is 4.74 Å². The zero-order valence-corrected chi connectivity index (χ0v) is 26.0. The summed E-state index contributed by atoms with van der Waals surface area (Å²) in [5.74, 6) is -1.75. The number of benzene rings is 1. The van der Waals surface area contributed by atoms with E-state index in [1.807, 2.05) is 18.2 Å². The molecule has 0 radical (unpaired) electrons. The third kappa shape index (κ3) is 14.1. The molecule has 7 heteroatoms. The van der Waals surface area contributed by atoms with E-state index in [1.54, 1.807) is 31.2 Å². The number of ketones is 2. The molecule has 0 aliphatic carbocycles.